The van der Waals surface area contributed by atoms with Crippen LogP contribution >= 0.6 is 15.9 Å². The molecule has 0 bridgehead atoms. The first-order valence-corrected chi connectivity index (χ1v) is 7.59. The van der Waals surface area contributed by atoms with Crippen molar-refractivity contribution < 1.29 is 14.6 Å². The summed E-state index contributed by atoms with van der Waals surface area (Å²) in [7, 11) is 0. The summed E-state index contributed by atoms with van der Waals surface area (Å²) in [6.07, 6.45) is 1.71. The highest BCUT2D eigenvalue weighted by atomic mass is 79.9. The van der Waals surface area contributed by atoms with Gasteiger partial charge in [0.05, 0.1) is 0 Å². The lowest BCUT2D eigenvalue weighted by atomic mass is 10.0. The highest BCUT2D eigenvalue weighted by Gasteiger charge is 2.32. The van der Waals surface area contributed by atoms with Gasteiger partial charge in [0.2, 0.25) is 0 Å². The van der Waals surface area contributed by atoms with Crippen molar-refractivity contribution in [3.05, 3.63) is 28.7 Å². The fourth-order valence-electron chi connectivity index (χ4n) is 2.27. The molecule has 1 fully saturated rings. The van der Waals surface area contributed by atoms with Crippen molar-refractivity contribution in [2.24, 2.45) is 0 Å². The second-order valence-corrected chi connectivity index (χ2v) is 6.54. The van der Waals surface area contributed by atoms with Gasteiger partial charge in [-0.25, -0.2) is 0 Å². The quantitative estimate of drug-likeness (QED) is 0.919. The van der Waals surface area contributed by atoms with E-state index in [4.69, 9.17) is 4.74 Å². The lowest BCUT2D eigenvalue weighted by Crippen LogP contribution is -2.49. The van der Waals surface area contributed by atoms with Gasteiger partial charge in [-0.1, -0.05) is 15.9 Å². The van der Waals surface area contributed by atoms with Crippen LogP contribution in [-0.4, -0.2) is 40.7 Å². The van der Waals surface area contributed by atoms with Crippen LogP contribution in [0.2, 0.25) is 0 Å². The van der Waals surface area contributed by atoms with E-state index in [1.54, 1.807) is 4.90 Å². The average molecular weight is 342 g/mol. The molecule has 1 aromatic rings. The summed E-state index contributed by atoms with van der Waals surface area (Å²) in [6, 6.07) is 7.75. The number of hydrogen-bond donors (Lipinski definition) is 1. The minimum atomic E-state index is -1.29. The predicted octanol–water partition coefficient (Wildman–Crippen LogP) is 2.59. The molecule has 20 heavy (non-hydrogen) atoms. The fraction of sp³-hybridized carbons (Fsp3) is 0.533. The van der Waals surface area contributed by atoms with Gasteiger partial charge in [0, 0.05) is 30.4 Å². The van der Waals surface area contributed by atoms with Crippen LogP contribution in [0, 0.1) is 0 Å². The number of ether oxygens (including phenoxy) is 1. The summed E-state index contributed by atoms with van der Waals surface area (Å²) in [5.74, 6) is 0.639. The number of likely N-dealkylation sites (tertiary alicyclic amines) is 1. The predicted molar refractivity (Wildman–Crippen MR) is 80.7 cm³/mol. The number of hydrogen-bond acceptors (Lipinski definition) is 3. The molecule has 0 unspecified atom stereocenters. The number of carbonyl (C=O) groups excluding carboxylic acids is 1. The Morgan fingerprint density at radius 2 is 1.85 bits per heavy atom. The van der Waals surface area contributed by atoms with Crippen LogP contribution in [0.15, 0.2) is 28.7 Å². The van der Waals surface area contributed by atoms with Crippen molar-refractivity contribution in [2.75, 3.05) is 13.1 Å². The van der Waals surface area contributed by atoms with Crippen LogP contribution in [0.3, 0.4) is 0 Å². The number of amides is 1. The van der Waals surface area contributed by atoms with Crippen LogP contribution in [0.25, 0.3) is 0 Å². The summed E-state index contributed by atoms with van der Waals surface area (Å²) in [6.45, 7) is 4.31. The topological polar surface area (TPSA) is 49.8 Å². The van der Waals surface area contributed by atoms with Gasteiger partial charge >= 0.3 is 0 Å². The van der Waals surface area contributed by atoms with E-state index >= 15 is 0 Å². The number of halogens is 1. The third-order valence-electron chi connectivity index (χ3n) is 3.37. The molecule has 1 aliphatic rings. The van der Waals surface area contributed by atoms with E-state index < -0.39 is 5.60 Å². The molecule has 0 saturated carbocycles. The molecule has 1 aromatic carbocycles. The number of aliphatic hydroxyl groups is 1. The van der Waals surface area contributed by atoms with Crippen LogP contribution in [-0.2, 0) is 4.79 Å². The van der Waals surface area contributed by atoms with E-state index in [-0.39, 0.29) is 12.0 Å². The zero-order chi connectivity index (χ0) is 14.8. The first-order valence-electron chi connectivity index (χ1n) is 6.80. The van der Waals surface area contributed by atoms with Crippen molar-refractivity contribution >= 4 is 21.8 Å². The maximum Gasteiger partial charge on any atom is 0.253 e. The van der Waals surface area contributed by atoms with E-state index in [9.17, 15) is 9.90 Å². The molecule has 1 heterocycles. The first-order chi connectivity index (χ1) is 9.36. The lowest BCUT2D eigenvalue weighted by molar-refractivity contribution is -0.149. The van der Waals surface area contributed by atoms with Gasteiger partial charge in [0.15, 0.2) is 0 Å². The van der Waals surface area contributed by atoms with E-state index in [0.29, 0.717) is 13.1 Å². The van der Waals surface area contributed by atoms with Crippen molar-refractivity contribution in [1.82, 2.24) is 4.90 Å². The van der Waals surface area contributed by atoms with Gasteiger partial charge in [-0.15, -0.1) is 0 Å². The molecule has 4 nitrogen and oxygen atoms in total. The molecule has 0 aliphatic carbocycles. The number of carbonyl (C=O) groups is 1. The lowest BCUT2D eigenvalue weighted by Gasteiger charge is -2.35. The Morgan fingerprint density at radius 1 is 1.30 bits per heavy atom. The van der Waals surface area contributed by atoms with Crippen molar-refractivity contribution in [2.45, 2.75) is 38.4 Å². The zero-order valence-corrected chi connectivity index (χ0v) is 13.4. The monoisotopic (exact) mass is 341 g/mol. The van der Waals surface area contributed by atoms with Crippen LogP contribution in [0.5, 0.6) is 5.75 Å². The minimum Gasteiger partial charge on any atom is -0.490 e. The van der Waals surface area contributed by atoms with Gasteiger partial charge < -0.3 is 14.7 Å². The normalized spacial score (nSPS) is 17.1. The Kier molecular flexibility index (Phi) is 4.70. The van der Waals surface area contributed by atoms with Crippen LogP contribution in [0.4, 0.5) is 0 Å². The zero-order valence-electron chi connectivity index (χ0n) is 11.8. The van der Waals surface area contributed by atoms with E-state index in [2.05, 4.69) is 15.9 Å². The van der Waals surface area contributed by atoms with Crippen molar-refractivity contribution in [1.29, 1.82) is 0 Å². The third kappa shape index (κ3) is 3.96. The smallest absolute Gasteiger partial charge is 0.253 e. The highest BCUT2D eigenvalue weighted by Crippen LogP contribution is 2.22. The van der Waals surface area contributed by atoms with Gasteiger partial charge in [-0.05, 0) is 38.1 Å². The van der Waals surface area contributed by atoms with Crippen molar-refractivity contribution in [3.8, 4) is 5.75 Å². The average Bonchev–Trinajstić information content (AvgIpc) is 2.40. The Bertz CT molecular complexity index is 459. The number of rotatable bonds is 3. The van der Waals surface area contributed by atoms with E-state index in [1.165, 1.54) is 13.8 Å². The maximum absolute atomic E-state index is 12.0. The summed E-state index contributed by atoms with van der Waals surface area (Å²) in [5, 5.41) is 9.74. The van der Waals surface area contributed by atoms with E-state index in [1.807, 2.05) is 24.3 Å². The summed E-state index contributed by atoms with van der Waals surface area (Å²) >= 11 is 3.39. The molecule has 0 aromatic heterocycles. The summed E-state index contributed by atoms with van der Waals surface area (Å²) < 4.78 is 6.93. The van der Waals surface area contributed by atoms with Gasteiger partial charge in [-0.3, -0.25) is 4.79 Å². The molecule has 1 N–H and O–H groups in total. The summed E-state index contributed by atoms with van der Waals surface area (Å²) in [4.78, 5) is 13.7. The van der Waals surface area contributed by atoms with Crippen LogP contribution < -0.4 is 4.74 Å². The van der Waals surface area contributed by atoms with Crippen molar-refractivity contribution in [3.63, 3.8) is 0 Å². The molecular weight excluding hydrogens is 322 g/mol. The number of benzene rings is 1. The molecule has 0 atom stereocenters. The van der Waals surface area contributed by atoms with Gasteiger partial charge in [0.1, 0.15) is 17.5 Å². The Hall–Kier alpha value is -1.07. The molecular formula is C15H20BrNO3. The Balaban J connectivity index is 1.85. The molecule has 5 heteroatoms. The number of nitrogens with zero attached hydrogens (tertiary/aromatic N) is 1. The molecule has 0 spiro atoms. The Labute approximate surface area is 127 Å². The standard InChI is InChI=1S/C15H20BrNO3/c1-15(2,19)14(18)17-9-7-13(8-10-17)20-12-5-3-11(16)4-6-12/h3-6,13,19H,7-10H2,1-2H3. The van der Waals surface area contributed by atoms with Gasteiger partial charge in [-0.2, -0.15) is 0 Å². The fourth-order valence-corrected chi connectivity index (χ4v) is 2.53. The molecule has 2 rings (SSSR count). The molecule has 1 saturated heterocycles. The third-order valence-corrected chi connectivity index (χ3v) is 3.90. The van der Waals surface area contributed by atoms with E-state index in [0.717, 1.165) is 23.1 Å². The highest BCUT2D eigenvalue weighted by molar-refractivity contribution is 9.10. The maximum atomic E-state index is 12.0. The molecule has 110 valence electrons. The SMILES string of the molecule is CC(C)(O)C(=O)N1CCC(Oc2ccc(Br)cc2)CC1. The molecule has 0 radical (unpaired) electrons. The Morgan fingerprint density at radius 3 is 2.35 bits per heavy atom. The minimum absolute atomic E-state index is 0.127. The second-order valence-electron chi connectivity index (χ2n) is 5.62. The van der Waals surface area contributed by atoms with Gasteiger partial charge in [0.25, 0.3) is 5.91 Å². The largest absolute Gasteiger partial charge is 0.490 e. The molecule has 1 aliphatic heterocycles. The summed E-state index contributed by atoms with van der Waals surface area (Å²) in [5.41, 5.74) is -1.29. The number of piperidine rings is 1. The first kappa shape index (κ1) is 15.3. The molecule has 1 amide bonds. The second kappa shape index (κ2) is 6.14. The van der Waals surface area contributed by atoms with Crippen LogP contribution in [0.1, 0.15) is 26.7 Å².